The molecule has 5 nitrogen and oxygen atoms in total. The van der Waals surface area contributed by atoms with E-state index in [2.05, 4.69) is 5.32 Å². The zero-order chi connectivity index (χ0) is 14.0. The first-order chi connectivity index (χ1) is 8.90. The second-order valence-corrected chi connectivity index (χ2v) is 5.57. The van der Waals surface area contributed by atoms with E-state index < -0.39 is 10.1 Å². The third kappa shape index (κ3) is 3.23. The fraction of sp³-hybridized carbons (Fsp3) is 0.0833. The zero-order valence-corrected chi connectivity index (χ0v) is 11.2. The third-order valence-corrected chi connectivity index (χ3v) is 3.61. The molecule has 1 amide bonds. The van der Waals surface area contributed by atoms with Crippen molar-refractivity contribution in [1.82, 2.24) is 0 Å². The first-order valence-electron chi connectivity index (χ1n) is 5.27. The molecule has 0 aliphatic heterocycles. The van der Waals surface area contributed by atoms with Crippen LogP contribution in [0.1, 0.15) is 0 Å². The molecular weight excluding hydrogens is 290 g/mol. The Labute approximate surface area is 114 Å². The Morgan fingerprint density at radius 2 is 1.79 bits per heavy atom. The van der Waals surface area contributed by atoms with Crippen LogP contribution in [0.25, 0.3) is 10.8 Å². The van der Waals surface area contributed by atoms with E-state index in [9.17, 15) is 13.2 Å². The molecule has 2 N–H and O–H groups in total. The summed E-state index contributed by atoms with van der Waals surface area (Å²) in [5.74, 6) is -0.463. The summed E-state index contributed by atoms with van der Waals surface area (Å²) in [5, 5.41) is 3.96. The molecule has 0 unspecified atom stereocenters. The summed E-state index contributed by atoms with van der Waals surface area (Å²) in [7, 11) is -4.21. The number of fused-ring (bicyclic) bond motifs is 1. The number of hydrogen-bond donors (Lipinski definition) is 2. The van der Waals surface area contributed by atoms with Gasteiger partial charge < -0.3 is 5.32 Å². The Morgan fingerprint density at radius 1 is 1.16 bits per heavy atom. The molecular formula is C12H10ClNO4S. The van der Waals surface area contributed by atoms with Crippen molar-refractivity contribution in [1.29, 1.82) is 0 Å². The lowest BCUT2D eigenvalue weighted by Gasteiger charge is -2.06. The van der Waals surface area contributed by atoms with E-state index in [1.54, 1.807) is 24.3 Å². The zero-order valence-electron chi connectivity index (χ0n) is 9.63. The van der Waals surface area contributed by atoms with Crippen molar-refractivity contribution in [2.45, 2.75) is 4.90 Å². The van der Waals surface area contributed by atoms with Gasteiger partial charge in [-0.3, -0.25) is 9.35 Å². The van der Waals surface area contributed by atoms with Crippen molar-refractivity contribution in [3.63, 3.8) is 0 Å². The minimum Gasteiger partial charge on any atom is -0.325 e. The van der Waals surface area contributed by atoms with E-state index in [0.717, 1.165) is 5.39 Å². The van der Waals surface area contributed by atoms with Gasteiger partial charge in [0.15, 0.2) is 0 Å². The normalized spacial score (nSPS) is 11.5. The van der Waals surface area contributed by atoms with Crippen molar-refractivity contribution in [3.8, 4) is 0 Å². The third-order valence-electron chi connectivity index (χ3n) is 2.51. The van der Waals surface area contributed by atoms with Crippen LogP contribution in [0.2, 0.25) is 0 Å². The molecule has 2 rings (SSSR count). The molecule has 100 valence electrons. The van der Waals surface area contributed by atoms with Gasteiger partial charge in [0.2, 0.25) is 5.91 Å². The van der Waals surface area contributed by atoms with Crippen molar-refractivity contribution in [2.75, 3.05) is 11.2 Å². The molecule has 0 heterocycles. The largest absolute Gasteiger partial charge is 0.325 e. The summed E-state index contributed by atoms with van der Waals surface area (Å²) >= 11 is 5.38. The Balaban J connectivity index is 2.43. The van der Waals surface area contributed by atoms with Gasteiger partial charge in [-0.05, 0) is 35.0 Å². The van der Waals surface area contributed by atoms with Gasteiger partial charge in [0.1, 0.15) is 5.88 Å². The van der Waals surface area contributed by atoms with Crippen LogP contribution < -0.4 is 5.32 Å². The van der Waals surface area contributed by atoms with E-state index in [0.29, 0.717) is 11.1 Å². The van der Waals surface area contributed by atoms with E-state index in [4.69, 9.17) is 16.2 Å². The van der Waals surface area contributed by atoms with Gasteiger partial charge >= 0.3 is 0 Å². The molecule has 0 spiro atoms. The highest BCUT2D eigenvalue weighted by Gasteiger charge is 2.10. The number of carbonyl (C=O) groups is 1. The second kappa shape index (κ2) is 5.16. The maximum atomic E-state index is 11.1. The Bertz CT molecular complexity index is 742. The van der Waals surface area contributed by atoms with Crippen molar-refractivity contribution >= 4 is 44.1 Å². The van der Waals surface area contributed by atoms with Crippen LogP contribution in [0.5, 0.6) is 0 Å². The van der Waals surface area contributed by atoms with Crippen molar-refractivity contribution < 1.29 is 17.8 Å². The van der Waals surface area contributed by atoms with Gasteiger partial charge in [-0.15, -0.1) is 11.6 Å². The lowest BCUT2D eigenvalue weighted by Crippen LogP contribution is -2.12. The minimum atomic E-state index is -4.21. The van der Waals surface area contributed by atoms with Gasteiger partial charge in [0.05, 0.1) is 4.90 Å². The van der Waals surface area contributed by atoms with Crippen molar-refractivity contribution in [2.24, 2.45) is 0 Å². The Morgan fingerprint density at radius 3 is 2.42 bits per heavy atom. The second-order valence-electron chi connectivity index (χ2n) is 3.88. The average Bonchev–Trinajstić information content (AvgIpc) is 2.36. The number of benzene rings is 2. The van der Waals surface area contributed by atoms with E-state index in [-0.39, 0.29) is 16.7 Å². The highest BCUT2D eigenvalue weighted by Crippen LogP contribution is 2.22. The fourth-order valence-electron chi connectivity index (χ4n) is 1.66. The molecule has 0 aromatic heterocycles. The fourth-order valence-corrected chi connectivity index (χ4v) is 2.24. The number of carbonyl (C=O) groups excluding carboxylic acids is 1. The standard InChI is InChI=1S/C12H10ClNO4S/c13-7-12(15)14-10-3-1-9-6-11(19(16,17)18)4-2-8(9)5-10/h1-6H,7H2,(H,14,15)(H,16,17,18). The molecule has 0 bridgehead atoms. The molecule has 0 fully saturated rings. The SMILES string of the molecule is O=C(CCl)Nc1ccc2cc(S(=O)(=O)O)ccc2c1. The number of rotatable bonds is 3. The van der Waals surface area contributed by atoms with Gasteiger partial charge in [0, 0.05) is 5.69 Å². The number of amides is 1. The molecule has 0 aliphatic rings. The van der Waals surface area contributed by atoms with Gasteiger partial charge in [0.25, 0.3) is 10.1 Å². The Hall–Kier alpha value is -1.63. The van der Waals surface area contributed by atoms with Crippen LogP contribution >= 0.6 is 11.6 Å². The average molecular weight is 300 g/mol. The van der Waals surface area contributed by atoms with E-state index in [1.165, 1.54) is 12.1 Å². The summed E-state index contributed by atoms with van der Waals surface area (Å²) in [6, 6.07) is 9.17. The van der Waals surface area contributed by atoms with E-state index in [1.807, 2.05) is 0 Å². The molecule has 19 heavy (non-hydrogen) atoms. The predicted octanol–water partition coefficient (Wildman–Crippen LogP) is 2.26. The summed E-state index contributed by atoms with van der Waals surface area (Å²) in [6.07, 6.45) is 0. The van der Waals surface area contributed by atoms with Crippen LogP contribution in [0.15, 0.2) is 41.3 Å². The number of hydrogen-bond acceptors (Lipinski definition) is 3. The maximum Gasteiger partial charge on any atom is 0.294 e. The van der Waals surface area contributed by atoms with Crippen LogP contribution in [0.3, 0.4) is 0 Å². The highest BCUT2D eigenvalue weighted by molar-refractivity contribution is 7.85. The van der Waals surface area contributed by atoms with E-state index >= 15 is 0 Å². The summed E-state index contributed by atoms with van der Waals surface area (Å²) in [5.41, 5.74) is 0.567. The first-order valence-corrected chi connectivity index (χ1v) is 7.25. The van der Waals surface area contributed by atoms with Crippen LogP contribution in [-0.4, -0.2) is 24.8 Å². The number of anilines is 1. The summed E-state index contributed by atoms with van der Waals surface area (Å²) < 4.78 is 31.0. The lowest BCUT2D eigenvalue weighted by molar-refractivity contribution is -0.113. The van der Waals surface area contributed by atoms with Gasteiger partial charge in [-0.25, -0.2) is 0 Å². The predicted molar refractivity (Wildman–Crippen MR) is 73.1 cm³/mol. The minimum absolute atomic E-state index is 0.139. The van der Waals surface area contributed by atoms with Crippen LogP contribution in [0.4, 0.5) is 5.69 Å². The Kier molecular flexibility index (Phi) is 3.75. The molecule has 0 aliphatic carbocycles. The summed E-state index contributed by atoms with van der Waals surface area (Å²) in [6.45, 7) is 0. The van der Waals surface area contributed by atoms with Crippen molar-refractivity contribution in [3.05, 3.63) is 36.4 Å². The van der Waals surface area contributed by atoms with Crippen LogP contribution in [0, 0.1) is 0 Å². The number of alkyl halides is 1. The molecule has 7 heteroatoms. The monoisotopic (exact) mass is 299 g/mol. The lowest BCUT2D eigenvalue weighted by atomic mass is 10.1. The molecule has 0 atom stereocenters. The quantitative estimate of drug-likeness (QED) is 0.672. The van der Waals surface area contributed by atoms with Gasteiger partial charge in [-0.1, -0.05) is 12.1 Å². The number of halogens is 1. The number of nitrogens with one attached hydrogen (secondary N) is 1. The smallest absolute Gasteiger partial charge is 0.294 e. The molecule has 0 saturated heterocycles. The van der Waals surface area contributed by atoms with Crippen LogP contribution in [-0.2, 0) is 14.9 Å². The topological polar surface area (TPSA) is 83.5 Å². The molecule has 0 radical (unpaired) electrons. The maximum absolute atomic E-state index is 11.1. The molecule has 2 aromatic carbocycles. The molecule has 0 saturated carbocycles. The molecule has 2 aromatic rings. The first kappa shape index (κ1) is 13.8. The van der Waals surface area contributed by atoms with Gasteiger partial charge in [-0.2, -0.15) is 8.42 Å². The summed E-state index contributed by atoms with van der Waals surface area (Å²) in [4.78, 5) is 11.0. The highest BCUT2D eigenvalue weighted by atomic mass is 35.5.